The predicted molar refractivity (Wildman–Crippen MR) is 57.8 cm³/mol. The van der Waals surface area contributed by atoms with Gasteiger partial charge < -0.3 is 9.84 Å². The van der Waals surface area contributed by atoms with Gasteiger partial charge in [-0.2, -0.15) is 0 Å². The molecule has 0 radical (unpaired) electrons. The molecular weight excluding hydrogens is 192 g/mol. The Morgan fingerprint density at radius 2 is 2.20 bits per heavy atom. The van der Waals surface area contributed by atoms with Crippen molar-refractivity contribution in [3.8, 4) is 5.75 Å². The fourth-order valence-corrected chi connectivity index (χ4v) is 1.36. The molecule has 0 bridgehead atoms. The molecule has 15 heavy (non-hydrogen) atoms. The summed E-state index contributed by atoms with van der Waals surface area (Å²) in [7, 11) is 0. The molecule has 0 unspecified atom stereocenters. The second kappa shape index (κ2) is 5.39. The van der Waals surface area contributed by atoms with Crippen molar-refractivity contribution in [1.82, 2.24) is 0 Å². The van der Waals surface area contributed by atoms with Crippen LogP contribution in [-0.4, -0.2) is 17.7 Å². The number of esters is 1. The summed E-state index contributed by atoms with van der Waals surface area (Å²) < 4.78 is 4.81. The third kappa shape index (κ3) is 3.62. The number of benzene rings is 1. The van der Waals surface area contributed by atoms with Gasteiger partial charge in [0, 0.05) is 6.42 Å². The zero-order valence-corrected chi connectivity index (χ0v) is 9.12. The number of rotatable bonds is 4. The van der Waals surface area contributed by atoms with E-state index in [1.54, 1.807) is 13.0 Å². The van der Waals surface area contributed by atoms with Crippen molar-refractivity contribution in [2.24, 2.45) is 0 Å². The van der Waals surface area contributed by atoms with Crippen molar-refractivity contribution in [2.45, 2.75) is 26.7 Å². The maximum absolute atomic E-state index is 11.1. The lowest BCUT2D eigenvalue weighted by molar-refractivity contribution is -0.143. The third-order valence-corrected chi connectivity index (χ3v) is 2.14. The summed E-state index contributed by atoms with van der Waals surface area (Å²) in [4.78, 5) is 11.1. The number of aromatic hydroxyl groups is 1. The summed E-state index contributed by atoms with van der Waals surface area (Å²) >= 11 is 0. The summed E-state index contributed by atoms with van der Waals surface area (Å²) in [6.07, 6.45) is 0.829. The Hall–Kier alpha value is -1.51. The largest absolute Gasteiger partial charge is 0.508 e. The van der Waals surface area contributed by atoms with E-state index in [0.717, 1.165) is 11.1 Å². The highest BCUT2D eigenvalue weighted by atomic mass is 16.5. The molecule has 1 aromatic rings. The van der Waals surface area contributed by atoms with E-state index in [2.05, 4.69) is 0 Å². The van der Waals surface area contributed by atoms with Gasteiger partial charge in [-0.1, -0.05) is 12.1 Å². The van der Waals surface area contributed by atoms with Gasteiger partial charge in [0.25, 0.3) is 0 Å². The number of carbonyl (C=O) groups excluding carboxylic acids is 1. The van der Waals surface area contributed by atoms with Crippen molar-refractivity contribution in [1.29, 1.82) is 0 Å². The molecule has 0 fully saturated rings. The van der Waals surface area contributed by atoms with E-state index in [-0.39, 0.29) is 11.7 Å². The fourth-order valence-electron chi connectivity index (χ4n) is 1.36. The van der Waals surface area contributed by atoms with E-state index >= 15 is 0 Å². The molecule has 1 rings (SSSR count). The average molecular weight is 208 g/mol. The molecule has 0 atom stereocenters. The van der Waals surface area contributed by atoms with Gasteiger partial charge in [0.15, 0.2) is 0 Å². The Morgan fingerprint density at radius 3 is 2.80 bits per heavy atom. The number of carbonyl (C=O) groups is 1. The van der Waals surface area contributed by atoms with E-state index in [4.69, 9.17) is 4.74 Å². The molecule has 3 heteroatoms. The fraction of sp³-hybridized carbons (Fsp3) is 0.417. The molecule has 0 amide bonds. The van der Waals surface area contributed by atoms with E-state index in [1.165, 1.54) is 0 Å². The zero-order valence-electron chi connectivity index (χ0n) is 9.12. The molecule has 82 valence electrons. The van der Waals surface area contributed by atoms with Crippen LogP contribution in [0.4, 0.5) is 0 Å². The molecule has 0 aliphatic heterocycles. The Bertz CT molecular complexity index is 345. The first-order chi connectivity index (χ1) is 7.13. The lowest BCUT2D eigenvalue weighted by Gasteiger charge is -2.05. The molecule has 0 aliphatic carbocycles. The molecule has 1 N–H and O–H groups in total. The van der Waals surface area contributed by atoms with Crippen LogP contribution in [0.3, 0.4) is 0 Å². The summed E-state index contributed by atoms with van der Waals surface area (Å²) in [6, 6.07) is 5.45. The van der Waals surface area contributed by atoms with Gasteiger partial charge in [0.2, 0.25) is 0 Å². The summed E-state index contributed by atoms with van der Waals surface area (Å²) in [5, 5.41) is 9.58. The third-order valence-electron chi connectivity index (χ3n) is 2.14. The Morgan fingerprint density at radius 1 is 1.47 bits per heavy atom. The Labute approximate surface area is 89.7 Å². The zero-order chi connectivity index (χ0) is 11.3. The number of hydrogen-bond donors (Lipinski definition) is 1. The molecule has 0 saturated carbocycles. The highest BCUT2D eigenvalue weighted by Gasteiger charge is 2.05. The number of phenolic OH excluding ortho intramolecular Hbond substituents is 1. The van der Waals surface area contributed by atoms with Crippen molar-refractivity contribution in [3.63, 3.8) is 0 Å². The lowest BCUT2D eigenvalue weighted by Crippen LogP contribution is -2.05. The van der Waals surface area contributed by atoms with Crippen LogP contribution >= 0.6 is 0 Å². The summed E-state index contributed by atoms with van der Waals surface area (Å²) in [5.74, 6) is 0.0248. The number of phenols is 1. The number of ether oxygens (including phenoxy) is 1. The topological polar surface area (TPSA) is 46.5 Å². The minimum atomic E-state index is -0.225. The molecule has 0 heterocycles. The maximum atomic E-state index is 11.1. The Kier molecular flexibility index (Phi) is 4.16. The van der Waals surface area contributed by atoms with E-state index < -0.39 is 0 Å². The van der Waals surface area contributed by atoms with Gasteiger partial charge in [-0.05, 0) is 37.5 Å². The van der Waals surface area contributed by atoms with E-state index in [0.29, 0.717) is 19.4 Å². The van der Waals surface area contributed by atoms with Crippen LogP contribution in [0.1, 0.15) is 24.5 Å². The normalized spacial score (nSPS) is 10.0. The van der Waals surface area contributed by atoms with Gasteiger partial charge in [-0.25, -0.2) is 0 Å². The van der Waals surface area contributed by atoms with Gasteiger partial charge in [0.1, 0.15) is 5.75 Å². The molecule has 1 aromatic carbocycles. The molecule has 0 aromatic heterocycles. The van der Waals surface area contributed by atoms with Gasteiger partial charge in [-0.15, -0.1) is 0 Å². The highest BCUT2D eigenvalue weighted by molar-refractivity contribution is 5.69. The minimum Gasteiger partial charge on any atom is -0.508 e. The highest BCUT2D eigenvalue weighted by Crippen LogP contribution is 2.19. The van der Waals surface area contributed by atoms with Crippen molar-refractivity contribution < 1.29 is 14.6 Å². The molecule has 0 aliphatic rings. The predicted octanol–water partition coefficient (Wildman–Crippen LogP) is 2.20. The van der Waals surface area contributed by atoms with Crippen LogP contribution in [0, 0.1) is 6.92 Å². The van der Waals surface area contributed by atoms with Crippen LogP contribution in [0.25, 0.3) is 0 Å². The number of aryl methyl sites for hydroxylation is 2. The van der Waals surface area contributed by atoms with Crippen LogP contribution in [-0.2, 0) is 16.0 Å². The first-order valence-corrected chi connectivity index (χ1v) is 5.07. The molecule has 0 spiro atoms. The Balaban J connectivity index is 2.54. The summed E-state index contributed by atoms with van der Waals surface area (Å²) in [5.41, 5.74) is 1.79. The maximum Gasteiger partial charge on any atom is 0.306 e. The van der Waals surface area contributed by atoms with Crippen molar-refractivity contribution in [3.05, 3.63) is 29.3 Å². The van der Waals surface area contributed by atoms with E-state index in [1.807, 2.05) is 19.1 Å². The second-order valence-corrected chi connectivity index (χ2v) is 3.44. The van der Waals surface area contributed by atoms with Crippen molar-refractivity contribution >= 4 is 5.97 Å². The monoisotopic (exact) mass is 208 g/mol. The van der Waals surface area contributed by atoms with Crippen LogP contribution < -0.4 is 0 Å². The quantitative estimate of drug-likeness (QED) is 0.771. The second-order valence-electron chi connectivity index (χ2n) is 3.44. The van der Waals surface area contributed by atoms with Crippen LogP contribution in [0.2, 0.25) is 0 Å². The first kappa shape index (κ1) is 11.6. The van der Waals surface area contributed by atoms with Gasteiger partial charge >= 0.3 is 5.97 Å². The summed E-state index contributed by atoms with van der Waals surface area (Å²) in [6.45, 7) is 4.09. The molecule has 3 nitrogen and oxygen atoms in total. The van der Waals surface area contributed by atoms with Gasteiger partial charge in [0.05, 0.1) is 6.61 Å². The van der Waals surface area contributed by atoms with Gasteiger partial charge in [-0.3, -0.25) is 4.79 Å². The SMILES string of the molecule is CCOC(=O)CCc1ccc(C)cc1O. The number of hydrogen-bond acceptors (Lipinski definition) is 3. The van der Waals surface area contributed by atoms with Crippen LogP contribution in [0.15, 0.2) is 18.2 Å². The standard InChI is InChI=1S/C12H16O3/c1-3-15-12(14)7-6-10-5-4-9(2)8-11(10)13/h4-5,8,13H,3,6-7H2,1-2H3. The minimum absolute atomic E-state index is 0.225. The lowest BCUT2D eigenvalue weighted by atomic mass is 10.1. The van der Waals surface area contributed by atoms with Crippen molar-refractivity contribution in [2.75, 3.05) is 6.61 Å². The molecular formula is C12H16O3. The average Bonchev–Trinajstić information content (AvgIpc) is 2.17. The van der Waals surface area contributed by atoms with E-state index in [9.17, 15) is 9.90 Å². The smallest absolute Gasteiger partial charge is 0.306 e. The molecule has 0 saturated heterocycles. The van der Waals surface area contributed by atoms with Crippen LogP contribution in [0.5, 0.6) is 5.75 Å². The first-order valence-electron chi connectivity index (χ1n) is 5.07.